The van der Waals surface area contributed by atoms with Crippen LogP contribution in [0, 0.1) is 5.92 Å². The van der Waals surface area contributed by atoms with Crippen LogP contribution in [0.5, 0.6) is 0 Å². The maximum Gasteiger partial charge on any atom is 0.227 e. The lowest BCUT2D eigenvalue weighted by Gasteiger charge is -2.29. The van der Waals surface area contributed by atoms with Crippen LogP contribution in [0.1, 0.15) is 31.2 Å². The first-order valence-corrected chi connectivity index (χ1v) is 8.60. The predicted octanol–water partition coefficient (Wildman–Crippen LogP) is 1.47. The Labute approximate surface area is 137 Å². The van der Waals surface area contributed by atoms with Crippen molar-refractivity contribution in [3.05, 3.63) is 29.8 Å². The first kappa shape index (κ1) is 16.0. The lowest BCUT2D eigenvalue weighted by molar-refractivity contribution is -0.121. The Hall–Kier alpha value is -1.88. The van der Waals surface area contributed by atoms with Gasteiger partial charge in [0.25, 0.3) is 0 Å². The van der Waals surface area contributed by atoms with E-state index in [1.807, 2.05) is 18.2 Å². The molecular formula is C18H25N3O2. The third kappa shape index (κ3) is 4.10. The fourth-order valence-electron chi connectivity index (χ4n) is 3.40. The summed E-state index contributed by atoms with van der Waals surface area (Å²) < 4.78 is 0. The molecule has 2 amide bonds. The largest absolute Gasteiger partial charge is 0.356 e. The summed E-state index contributed by atoms with van der Waals surface area (Å²) in [7, 11) is 0. The molecule has 1 fully saturated rings. The summed E-state index contributed by atoms with van der Waals surface area (Å²) >= 11 is 0. The SMILES string of the molecule is O=C(CCN1C(=O)CCc2ccccc21)NCC1CCCNC1. The molecule has 0 bridgehead atoms. The van der Waals surface area contributed by atoms with Gasteiger partial charge in [-0.25, -0.2) is 0 Å². The van der Waals surface area contributed by atoms with Gasteiger partial charge >= 0.3 is 0 Å². The second-order valence-electron chi connectivity index (χ2n) is 6.44. The number of piperidine rings is 1. The van der Waals surface area contributed by atoms with Crippen molar-refractivity contribution in [2.24, 2.45) is 5.92 Å². The van der Waals surface area contributed by atoms with E-state index in [1.54, 1.807) is 4.90 Å². The molecule has 1 aromatic rings. The molecule has 2 heterocycles. The van der Waals surface area contributed by atoms with Gasteiger partial charge in [0.2, 0.25) is 11.8 Å². The van der Waals surface area contributed by atoms with Gasteiger partial charge in [-0.1, -0.05) is 18.2 Å². The number of anilines is 1. The highest BCUT2D eigenvalue weighted by Crippen LogP contribution is 2.27. The highest BCUT2D eigenvalue weighted by Gasteiger charge is 2.24. The van der Waals surface area contributed by atoms with E-state index in [4.69, 9.17) is 0 Å². The minimum atomic E-state index is 0.0337. The number of rotatable bonds is 5. The van der Waals surface area contributed by atoms with Crippen LogP contribution in [0.3, 0.4) is 0 Å². The fraction of sp³-hybridized carbons (Fsp3) is 0.556. The van der Waals surface area contributed by atoms with Crippen molar-refractivity contribution in [1.82, 2.24) is 10.6 Å². The molecule has 0 radical (unpaired) electrons. The Kier molecular flexibility index (Phi) is 5.28. The molecule has 1 saturated heterocycles. The van der Waals surface area contributed by atoms with Gasteiger partial charge in [0.15, 0.2) is 0 Å². The zero-order valence-corrected chi connectivity index (χ0v) is 13.5. The minimum Gasteiger partial charge on any atom is -0.356 e. The van der Waals surface area contributed by atoms with Crippen LogP contribution in [0.25, 0.3) is 0 Å². The highest BCUT2D eigenvalue weighted by molar-refractivity contribution is 5.96. The Morgan fingerprint density at radius 3 is 3.00 bits per heavy atom. The van der Waals surface area contributed by atoms with E-state index in [1.165, 1.54) is 18.4 Å². The van der Waals surface area contributed by atoms with Gasteiger partial charge in [0, 0.05) is 31.6 Å². The first-order chi connectivity index (χ1) is 11.2. The Morgan fingerprint density at radius 2 is 2.17 bits per heavy atom. The number of benzene rings is 1. The van der Waals surface area contributed by atoms with Crippen LogP contribution in [0.4, 0.5) is 5.69 Å². The average molecular weight is 315 g/mol. The molecule has 3 rings (SSSR count). The molecule has 5 nitrogen and oxygen atoms in total. The van der Waals surface area contributed by atoms with Crippen molar-refractivity contribution < 1.29 is 9.59 Å². The van der Waals surface area contributed by atoms with E-state index in [0.717, 1.165) is 31.7 Å². The molecule has 2 aliphatic heterocycles. The Balaban J connectivity index is 1.49. The summed E-state index contributed by atoms with van der Waals surface area (Å²) in [5, 5.41) is 6.37. The number of carbonyl (C=O) groups excluding carboxylic acids is 2. The smallest absolute Gasteiger partial charge is 0.227 e. The van der Waals surface area contributed by atoms with Crippen LogP contribution in [0.15, 0.2) is 24.3 Å². The number of carbonyl (C=O) groups is 2. The second-order valence-corrected chi connectivity index (χ2v) is 6.44. The average Bonchev–Trinajstić information content (AvgIpc) is 2.60. The first-order valence-electron chi connectivity index (χ1n) is 8.60. The van der Waals surface area contributed by atoms with Crippen molar-refractivity contribution in [3.63, 3.8) is 0 Å². The molecule has 23 heavy (non-hydrogen) atoms. The number of fused-ring (bicyclic) bond motifs is 1. The van der Waals surface area contributed by atoms with Crippen molar-refractivity contribution in [2.45, 2.75) is 32.1 Å². The molecule has 0 aromatic heterocycles. The molecular weight excluding hydrogens is 290 g/mol. The number of hydrogen-bond acceptors (Lipinski definition) is 3. The van der Waals surface area contributed by atoms with Crippen molar-refractivity contribution in [2.75, 3.05) is 31.1 Å². The quantitative estimate of drug-likeness (QED) is 0.865. The predicted molar refractivity (Wildman–Crippen MR) is 90.3 cm³/mol. The zero-order valence-electron chi connectivity index (χ0n) is 13.5. The standard InChI is InChI=1S/C18H25N3O2/c22-17(20-13-14-4-3-10-19-12-14)9-11-21-16-6-2-1-5-15(16)7-8-18(21)23/h1-2,5-6,14,19H,3-4,7-13H2,(H,20,22). The molecule has 124 valence electrons. The molecule has 1 aromatic carbocycles. The zero-order chi connectivity index (χ0) is 16.1. The Bertz CT molecular complexity index is 567. The lowest BCUT2D eigenvalue weighted by Crippen LogP contribution is -2.40. The number of nitrogens with one attached hydrogen (secondary N) is 2. The third-order valence-electron chi connectivity index (χ3n) is 4.74. The second kappa shape index (κ2) is 7.59. The van der Waals surface area contributed by atoms with Gasteiger partial charge in [0.1, 0.15) is 0 Å². The number of para-hydroxylation sites is 1. The van der Waals surface area contributed by atoms with Crippen LogP contribution in [0.2, 0.25) is 0 Å². The van der Waals surface area contributed by atoms with E-state index in [-0.39, 0.29) is 11.8 Å². The van der Waals surface area contributed by atoms with Crippen LogP contribution in [-0.4, -0.2) is 38.0 Å². The van der Waals surface area contributed by atoms with Crippen LogP contribution >= 0.6 is 0 Å². The summed E-state index contributed by atoms with van der Waals surface area (Å²) in [6, 6.07) is 7.97. The molecule has 0 spiro atoms. The highest BCUT2D eigenvalue weighted by atomic mass is 16.2. The summed E-state index contributed by atoms with van der Waals surface area (Å²) in [5.74, 6) is 0.685. The Morgan fingerprint density at radius 1 is 1.30 bits per heavy atom. The van der Waals surface area contributed by atoms with Crippen molar-refractivity contribution >= 4 is 17.5 Å². The number of amides is 2. The molecule has 1 atom stereocenters. The number of aryl methyl sites for hydroxylation is 1. The molecule has 1 unspecified atom stereocenters. The van der Waals surface area contributed by atoms with E-state index < -0.39 is 0 Å². The molecule has 2 aliphatic rings. The monoisotopic (exact) mass is 315 g/mol. The van der Waals surface area contributed by atoms with Gasteiger partial charge in [-0.15, -0.1) is 0 Å². The number of nitrogens with zero attached hydrogens (tertiary/aromatic N) is 1. The summed E-state index contributed by atoms with van der Waals surface area (Å²) in [6.07, 6.45) is 4.05. The summed E-state index contributed by atoms with van der Waals surface area (Å²) in [5.41, 5.74) is 2.16. The fourth-order valence-corrected chi connectivity index (χ4v) is 3.40. The van der Waals surface area contributed by atoms with E-state index in [0.29, 0.717) is 25.3 Å². The molecule has 0 aliphatic carbocycles. The maximum absolute atomic E-state index is 12.2. The number of hydrogen-bond donors (Lipinski definition) is 2. The third-order valence-corrected chi connectivity index (χ3v) is 4.74. The van der Waals surface area contributed by atoms with Gasteiger partial charge in [0.05, 0.1) is 0 Å². The molecule has 0 saturated carbocycles. The normalized spacial score (nSPS) is 21.0. The van der Waals surface area contributed by atoms with Crippen LogP contribution in [-0.2, 0) is 16.0 Å². The van der Waals surface area contributed by atoms with E-state index in [2.05, 4.69) is 16.7 Å². The molecule has 2 N–H and O–H groups in total. The summed E-state index contributed by atoms with van der Waals surface area (Å²) in [4.78, 5) is 26.0. The van der Waals surface area contributed by atoms with Gasteiger partial charge in [-0.2, -0.15) is 0 Å². The van der Waals surface area contributed by atoms with E-state index >= 15 is 0 Å². The minimum absolute atomic E-state index is 0.0337. The van der Waals surface area contributed by atoms with Crippen molar-refractivity contribution in [3.8, 4) is 0 Å². The van der Waals surface area contributed by atoms with Gasteiger partial charge in [-0.05, 0) is 49.9 Å². The topological polar surface area (TPSA) is 61.4 Å². The molecule has 5 heteroatoms. The van der Waals surface area contributed by atoms with Crippen LogP contribution < -0.4 is 15.5 Å². The maximum atomic E-state index is 12.2. The van der Waals surface area contributed by atoms with Crippen molar-refractivity contribution in [1.29, 1.82) is 0 Å². The van der Waals surface area contributed by atoms with Gasteiger partial charge in [-0.3, -0.25) is 9.59 Å². The van der Waals surface area contributed by atoms with E-state index in [9.17, 15) is 9.59 Å². The van der Waals surface area contributed by atoms with Gasteiger partial charge < -0.3 is 15.5 Å². The lowest BCUT2D eigenvalue weighted by atomic mass is 9.99. The summed E-state index contributed by atoms with van der Waals surface area (Å²) in [6.45, 7) is 3.26.